The zero-order valence-corrected chi connectivity index (χ0v) is 16.5. The molecule has 1 aromatic heterocycles. The van der Waals surface area contributed by atoms with E-state index in [9.17, 15) is 8.42 Å². The van der Waals surface area contributed by atoms with E-state index in [1.165, 1.54) is 20.3 Å². The number of benzene rings is 2. The quantitative estimate of drug-likeness (QED) is 0.599. The number of methoxy groups -OCH3 is 3. The largest absolute Gasteiger partial charge is 0.497 e. The lowest BCUT2D eigenvalue weighted by Gasteiger charge is -2.12. The van der Waals surface area contributed by atoms with Crippen molar-refractivity contribution in [3.8, 4) is 28.5 Å². The predicted octanol–water partition coefficient (Wildman–Crippen LogP) is 2.58. The third-order valence-corrected chi connectivity index (χ3v) is 5.61. The number of hydrogen-bond donors (Lipinski definition) is 2. The Balaban J connectivity index is 1.86. The van der Waals surface area contributed by atoms with Crippen molar-refractivity contribution in [3.05, 3.63) is 54.2 Å². The molecule has 0 unspecified atom stereocenters. The van der Waals surface area contributed by atoms with Gasteiger partial charge in [0.1, 0.15) is 22.1 Å². The van der Waals surface area contributed by atoms with E-state index >= 15 is 0 Å². The molecule has 2 N–H and O–H groups in total. The first-order valence-electron chi connectivity index (χ1n) is 8.37. The van der Waals surface area contributed by atoms with Gasteiger partial charge in [-0.2, -0.15) is 5.10 Å². The summed E-state index contributed by atoms with van der Waals surface area (Å²) in [5.41, 5.74) is 2.24. The molecule has 0 aliphatic rings. The molecule has 0 saturated carbocycles. The van der Waals surface area contributed by atoms with Crippen LogP contribution < -0.4 is 18.9 Å². The lowest BCUT2D eigenvalue weighted by molar-refractivity contribution is 0.392. The third-order valence-electron chi connectivity index (χ3n) is 4.19. The van der Waals surface area contributed by atoms with Crippen LogP contribution in [-0.4, -0.2) is 39.9 Å². The van der Waals surface area contributed by atoms with Crippen molar-refractivity contribution in [2.45, 2.75) is 11.4 Å². The van der Waals surface area contributed by atoms with Crippen LogP contribution in [0.15, 0.2) is 53.6 Å². The summed E-state index contributed by atoms with van der Waals surface area (Å²) in [6, 6.07) is 12.0. The number of rotatable bonds is 8. The summed E-state index contributed by atoms with van der Waals surface area (Å²) in [4.78, 5) is 0.000718. The molecule has 0 atom stereocenters. The number of aromatic amines is 1. The van der Waals surface area contributed by atoms with E-state index in [0.29, 0.717) is 22.8 Å². The molecule has 0 saturated heterocycles. The van der Waals surface area contributed by atoms with Crippen LogP contribution in [0.4, 0.5) is 0 Å². The molecule has 28 heavy (non-hydrogen) atoms. The molecule has 0 aliphatic carbocycles. The molecule has 0 amide bonds. The van der Waals surface area contributed by atoms with Crippen molar-refractivity contribution >= 4 is 10.0 Å². The number of nitrogens with one attached hydrogen (secondary N) is 2. The van der Waals surface area contributed by atoms with Crippen LogP contribution in [0, 0.1) is 0 Å². The fourth-order valence-electron chi connectivity index (χ4n) is 2.72. The van der Waals surface area contributed by atoms with Crippen LogP contribution >= 0.6 is 0 Å². The minimum atomic E-state index is -3.84. The fourth-order valence-corrected chi connectivity index (χ4v) is 3.91. The van der Waals surface area contributed by atoms with Gasteiger partial charge in [0.25, 0.3) is 0 Å². The number of H-pyrrole nitrogens is 1. The van der Waals surface area contributed by atoms with Gasteiger partial charge in [-0.05, 0) is 24.3 Å². The predicted molar refractivity (Wildman–Crippen MR) is 104 cm³/mol. The average Bonchev–Trinajstić information content (AvgIpc) is 3.20. The van der Waals surface area contributed by atoms with Gasteiger partial charge in [0.05, 0.1) is 33.2 Å². The molecule has 0 aliphatic heterocycles. The van der Waals surface area contributed by atoms with Gasteiger partial charge in [-0.3, -0.25) is 5.10 Å². The zero-order chi connectivity index (χ0) is 20.1. The second-order valence-electron chi connectivity index (χ2n) is 5.84. The van der Waals surface area contributed by atoms with E-state index in [1.807, 2.05) is 24.3 Å². The van der Waals surface area contributed by atoms with Crippen LogP contribution in [0.5, 0.6) is 17.2 Å². The van der Waals surface area contributed by atoms with Crippen molar-refractivity contribution in [3.63, 3.8) is 0 Å². The van der Waals surface area contributed by atoms with Crippen molar-refractivity contribution in [2.24, 2.45) is 0 Å². The third kappa shape index (κ3) is 4.10. The van der Waals surface area contributed by atoms with Crippen LogP contribution in [0.2, 0.25) is 0 Å². The van der Waals surface area contributed by atoms with E-state index in [4.69, 9.17) is 14.2 Å². The SMILES string of the molecule is COc1cccc(-c2[nH]ncc2CNS(=O)(=O)c2cc(OC)ccc2OC)c1. The Kier molecular flexibility index (Phi) is 5.86. The molecule has 0 fully saturated rings. The molecular formula is C19H21N3O5S. The molecule has 9 heteroatoms. The summed E-state index contributed by atoms with van der Waals surface area (Å²) in [7, 11) is 0.625. The summed E-state index contributed by atoms with van der Waals surface area (Å²) in [6.45, 7) is 0.0474. The van der Waals surface area contributed by atoms with Gasteiger partial charge in [-0.1, -0.05) is 12.1 Å². The van der Waals surface area contributed by atoms with Crippen molar-refractivity contribution in [2.75, 3.05) is 21.3 Å². The Morgan fingerprint density at radius 1 is 1.00 bits per heavy atom. The Morgan fingerprint density at radius 3 is 2.46 bits per heavy atom. The van der Waals surface area contributed by atoms with Gasteiger partial charge in [-0.25, -0.2) is 13.1 Å². The van der Waals surface area contributed by atoms with Crippen molar-refractivity contribution in [1.82, 2.24) is 14.9 Å². The van der Waals surface area contributed by atoms with Crippen molar-refractivity contribution in [1.29, 1.82) is 0 Å². The van der Waals surface area contributed by atoms with E-state index < -0.39 is 10.0 Å². The monoisotopic (exact) mass is 403 g/mol. The maximum Gasteiger partial charge on any atom is 0.244 e. The van der Waals surface area contributed by atoms with E-state index in [-0.39, 0.29) is 17.2 Å². The number of sulfonamides is 1. The molecular weight excluding hydrogens is 382 g/mol. The average molecular weight is 403 g/mol. The summed E-state index contributed by atoms with van der Waals surface area (Å²) < 4.78 is 43.8. The highest BCUT2D eigenvalue weighted by Gasteiger charge is 2.21. The summed E-state index contributed by atoms with van der Waals surface area (Å²) in [5.74, 6) is 1.34. The molecule has 148 valence electrons. The summed E-state index contributed by atoms with van der Waals surface area (Å²) in [6.07, 6.45) is 1.58. The van der Waals surface area contributed by atoms with Gasteiger partial charge in [0.2, 0.25) is 10.0 Å². The van der Waals surface area contributed by atoms with Gasteiger partial charge >= 0.3 is 0 Å². The Bertz CT molecular complexity index is 1060. The van der Waals surface area contributed by atoms with Crippen LogP contribution in [-0.2, 0) is 16.6 Å². The Hall–Kier alpha value is -3.04. The lowest BCUT2D eigenvalue weighted by Crippen LogP contribution is -2.24. The minimum Gasteiger partial charge on any atom is -0.497 e. The summed E-state index contributed by atoms with van der Waals surface area (Å²) in [5, 5.41) is 6.95. The first kappa shape index (κ1) is 19.7. The molecule has 8 nitrogen and oxygen atoms in total. The van der Waals surface area contributed by atoms with Crippen molar-refractivity contribution < 1.29 is 22.6 Å². The number of aromatic nitrogens is 2. The van der Waals surface area contributed by atoms with Crippen LogP contribution in [0.25, 0.3) is 11.3 Å². The van der Waals surface area contributed by atoms with E-state index in [1.54, 1.807) is 25.4 Å². The van der Waals surface area contributed by atoms with E-state index in [0.717, 1.165) is 5.56 Å². The van der Waals surface area contributed by atoms with Crippen LogP contribution in [0.3, 0.4) is 0 Å². The molecule has 2 aromatic carbocycles. The molecule has 3 rings (SSSR count). The van der Waals surface area contributed by atoms with Gasteiger partial charge in [0.15, 0.2) is 0 Å². The molecule has 1 heterocycles. The minimum absolute atomic E-state index is 0.000718. The van der Waals surface area contributed by atoms with Gasteiger partial charge in [-0.15, -0.1) is 0 Å². The highest BCUT2D eigenvalue weighted by Crippen LogP contribution is 2.29. The first-order valence-corrected chi connectivity index (χ1v) is 9.85. The van der Waals surface area contributed by atoms with Gasteiger partial charge in [0, 0.05) is 23.7 Å². The zero-order valence-electron chi connectivity index (χ0n) is 15.7. The lowest BCUT2D eigenvalue weighted by atomic mass is 10.1. The number of nitrogens with zero attached hydrogens (tertiary/aromatic N) is 1. The highest BCUT2D eigenvalue weighted by atomic mass is 32.2. The molecule has 0 bridgehead atoms. The maximum absolute atomic E-state index is 12.8. The second-order valence-corrected chi connectivity index (χ2v) is 7.58. The second kappa shape index (κ2) is 8.32. The molecule has 0 radical (unpaired) electrons. The van der Waals surface area contributed by atoms with E-state index in [2.05, 4.69) is 14.9 Å². The fraction of sp³-hybridized carbons (Fsp3) is 0.211. The number of hydrogen-bond acceptors (Lipinski definition) is 6. The standard InChI is InChI=1S/C19H21N3O5S/c1-25-15-6-4-5-13(9-15)19-14(11-20-22-19)12-21-28(23,24)18-10-16(26-2)7-8-17(18)27-3/h4-11,21H,12H2,1-3H3,(H,20,22). The maximum atomic E-state index is 12.8. The highest BCUT2D eigenvalue weighted by molar-refractivity contribution is 7.89. The first-order chi connectivity index (χ1) is 13.5. The molecule has 3 aromatic rings. The number of ether oxygens (including phenoxy) is 3. The topological polar surface area (TPSA) is 103 Å². The smallest absolute Gasteiger partial charge is 0.244 e. The Labute approximate surface area is 163 Å². The molecule has 0 spiro atoms. The summed E-state index contributed by atoms with van der Waals surface area (Å²) >= 11 is 0. The van der Waals surface area contributed by atoms with Gasteiger partial charge < -0.3 is 14.2 Å². The van der Waals surface area contributed by atoms with Crippen LogP contribution in [0.1, 0.15) is 5.56 Å². The normalized spacial score (nSPS) is 11.2. The Morgan fingerprint density at radius 2 is 1.75 bits per heavy atom.